The van der Waals surface area contributed by atoms with Crippen molar-refractivity contribution in [3.63, 3.8) is 0 Å². The molecule has 0 aliphatic carbocycles. The molecule has 0 saturated carbocycles. The van der Waals surface area contributed by atoms with Crippen LogP contribution >= 0.6 is 11.3 Å². The molecule has 0 saturated heterocycles. The summed E-state index contributed by atoms with van der Waals surface area (Å²) in [6, 6.07) is 6.37. The van der Waals surface area contributed by atoms with E-state index in [-0.39, 0.29) is 18.2 Å². The summed E-state index contributed by atoms with van der Waals surface area (Å²) in [5, 5.41) is 14.6. The Morgan fingerprint density at radius 2 is 1.96 bits per heavy atom. The van der Waals surface area contributed by atoms with Crippen molar-refractivity contribution < 1.29 is 9.59 Å². The molecule has 24 heavy (non-hydrogen) atoms. The fourth-order valence-electron chi connectivity index (χ4n) is 2.26. The van der Waals surface area contributed by atoms with Gasteiger partial charge in [-0.3, -0.25) is 4.79 Å². The Balaban J connectivity index is 2.09. The predicted molar refractivity (Wildman–Crippen MR) is 93.9 cm³/mol. The lowest BCUT2D eigenvalue weighted by atomic mass is 9.98. The molecule has 1 aromatic heterocycles. The third kappa shape index (κ3) is 4.76. The molecule has 0 fully saturated rings. The fraction of sp³-hybridized carbons (Fsp3) is 0.375. The van der Waals surface area contributed by atoms with Crippen LogP contribution in [-0.4, -0.2) is 22.1 Å². The molecule has 2 aromatic rings. The number of rotatable bonds is 6. The number of anilines is 1. The molecule has 0 aliphatic rings. The quantitative estimate of drug-likeness (QED) is 0.746. The minimum absolute atomic E-state index is 0.0599. The van der Waals surface area contributed by atoms with E-state index < -0.39 is 12.1 Å². The number of carbonyl (C=O) groups excluding carboxylic acids is 2. The minimum atomic E-state index is -0.672. The first-order chi connectivity index (χ1) is 11.4. The highest BCUT2D eigenvalue weighted by molar-refractivity contribution is 7.15. The Hall–Kier alpha value is -2.48. The number of carbonyl (C=O) groups is 2. The fourth-order valence-corrected chi connectivity index (χ4v) is 3.02. The van der Waals surface area contributed by atoms with Crippen LogP contribution in [0.4, 0.5) is 9.93 Å². The van der Waals surface area contributed by atoms with Crippen LogP contribution in [-0.2, 0) is 4.79 Å². The first-order valence-corrected chi connectivity index (χ1v) is 8.43. The SMILES string of the molecule is Cc1ccccc1[C@H](CC(=O)Nc1nnc(C(C)C)s1)NC(N)=O. The van der Waals surface area contributed by atoms with Crippen LogP contribution < -0.4 is 16.4 Å². The van der Waals surface area contributed by atoms with Crippen LogP contribution in [0.2, 0.25) is 0 Å². The number of urea groups is 1. The van der Waals surface area contributed by atoms with Crippen LogP contribution in [0, 0.1) is 6.92 Å². The number of benzene rings is 1. The van der Waals surface area contributed by atoms with E-state index in [1.54, 1.807) is 0 Å². The van der Waals surface area contributed by atoms with Crippen molar-refractivity contribution in [3.05, 3.63) is 40.4 Å². The molecular weight excluding hydrogens is 326 g/mol. The van der Waals surface area contributed by atoms with Gasteiger partial charge >= 0.3 is 6.03 Å². The van der Waals surface area contributed by atoms with Gasteiger partial charge < -0.3 is 16.4 Å². The van der Waals surface area contributed by atoms with Crippen LogP contribution in [0.1, 0.15) is 48.4 Å². The molecule has 0 bridgehead atoms. The van der Waals surface area contributed by atoms with Gasteiger partial charge in [-0.2, -0.15) is 0 Å². The van der Waals surface area contributed by atoms with Crippen molar-refractivity contribution >= 4 is 28.4 Å². The van der Waals surface area contributed by atoms with Crippen molar-refractivity contribution in [2.75, 3.05) is 5.32 Å². The van der Waals surface area contributed by atoms with Gasteiger partial charge in [-0.15, -0.1) is 10.2 Å². The second-order valence-corrected chi connectivity index (χ2v) is 6.78. The average molecular weight is 347 g/mol. The predicted octanol–water partition coefficient (Wildman–Crippen LogP) is 2.71. The van der Waals surface area contributed by atoms with Crippen LogP contribution in [0.3, 0.4) is 0 Å². The van der Waals surface area contributed by atoms with Gasteiger partial charge in [0.15, 0.2) is 0 Å². The lowest BCUT2D eigenvalue weighted by Crippen LogP contribution is -2.35. The molecule has 1 atom stereocenters. The first-order valence-electron chi connectivity index (χ1n) is 7.61. The molecule has 0 aliphatic heterocycles. The summed E-state index contributed by atoms with van der Waals surface area (Å²) in [5.41, 5.74) is 7.07. The maximum atomic E-state index is 12.3. The Morgan fingerprint density at radius 1 is 1.25 bits per heavy atom. The number of nitrogens with two attached hydrogens (primary N) is 1. The molecule has 1 heterocycles. The molecule has 2 rings (SSSR count). The Kier molecular flexibility index (Phi) is 5.86. The van der Waals surface area contributed by atoms with Crippen molar-refractivity contribution in [1.82, 2.24) is 15.5 Å². The lowest BCUT2D eigenvalue weighted by Gasteiger charge is -2.19. The molecule has 0 spiro atoms. The van der Waals surface area contributed by atoms with Gasteiger partial charge in [-0.1, -0.05) is 49.4 Å². The Morgan fingerprint density at radius 3 is 2.54 bits per heavy atom. The molecular formula is C16H21N5O2S. The molecule has 1 aromatic carbocycles. The number of nitrogens with zero attached hydrogens (tertiary/aromatic N) is 2. The number of primary amides is 1. The van der Waals surface area contributed by atoms with E-state index in [9.17, 15) is 9.59 Å². The molecule has 8 heteroatoms. The number of aromatic nitrogens is 2. The summed E-state index contributed by atoms with van der Waals surface area (Å²) in [4.78, 5) is 23.6. The second-order valence-electron chi connectivity index (χ2n) is 5.77. The normalized spacial score (nSPS) is 12.0. The largest absolute Gasteiger partial charge is 0.352 e. The molecule has 4 N–H and O–H groups in total. The summed E-state index contributed by atoms with van der Waals surface area (Å²) in [6.45, 7) is 5.94. The van der Waals surface area contributed by atoms with E-state index in [2.05, 4.69) is 20.8 Å². The highest BCUT2D eigenvalue weighted by atomic mass is 32.1. The molecule has 3 amide bonds. The van der Waals surface area contributed by atoms with Crippen molar-refractivity contribution in [3.8, 4) is 0 Å². The molecule has 0 radical (unpaired) electrons. The maximum absolute atomic E-state index is 12.3. The zero-order chi connectivity index (χ0) is 17.7. The first kappa shape index (κ1) is 17.9. The summed E-state index contributed by atoms with van der Waals surface area (Å²) in [7, 11) is 0. The van der Waals surface area contributed by atoms with Gasteiger partial charge in [0.25, 0.3) is 0 Å². The van der Waals surface area contributed by atoms with Gasteiger partial charge in [0, 0.05) is 5.92 Å². The van der Waals surface area contributed by atoms with Gasteiger partial charge in [0.2, 0.25) is 11.0 Å². The van der Waals surface area contributed by atoms with Gasteiger partial charge in [-0.25, -0.2) is 4.79 Å². The van der Waals surface area contributed by atoms with Crippen molar-refractivity contribution in [2.24, 2.45) is 5.73 Å². The van der Waals surface area contributed by atoms with Crippen LogP contribution in [0.5, 0.6) is 0 Å². The number of aryl methyl sites for hydroxylation is 1. The zero-order valence-electron chi connectivity index (χ0n) is 13.9. The zero-order valence-corrected chi connectivity index (χ0v) is 14.7. The lowest BCUT2D eigenvalue weighted by molar-refractivity contribution is -0.116. The van der Waals surface area contributed by atoms with E-state index >= 15 is 0 Å². The average Bonchev–Trinajstić information content (AvgIpc) is 2.95. The Bertz CT molecular complexity index is 729. The van der Waals surface area contributed by atoms with E-state index in [1.165, 1.54) is 11.3 Å². The van der Waals surface area contributed by atoms with Crippen molar-refractivity contribution in [1.29, 1.82) is 0 Å². The number of hydrogen-bond acceptors (Lipinski definition) is 5. The summed E-state index contributed by atoms with van der Waals surface area (Å²) in [6.07, 6.45) is 0.0599. The minimum Gasteiger partial charge on any atom is -0.352 e. The highest BCUT2D eigenvalue weighted by Gasteiger charge is 2.20. The molecule has 0 unspecified atom stereocenters. The van der Waals surface area contributed by atoms with Crippen molar-refractivity contribution in [2.45, 2.75) is 39.2 Å². The summed E-state index contributed by atoms with van der Waals surface area (Å²) < 4.78 is 0. The number of nitrogens with one attached hydrogen (secondary N) is 2. The monoisotopic (exact) mass is 347 g/mol. The number of hydrogen-bond donors (Lipinski definition) is 3. The molecule has 128 valence electrons. The third-order valence-corrected chi connectivity index (χ3v) is 4.59. The van der Waals surface area contributed by atoms with E-state index in [1.807, 2.05) is 45.0 Å². The van der Waals surface area contributed by atoms with Gasteiger partial charge in [0.05, 0.1) is 12.5 Å². The standard InChI is InChI=1S/C16H21N5O2S/c1-9(2)14-20-21-16(24-14)19-13(22)8-12(18-15(17)23)11-7-5-4-6-10(11)3/h4-7,9,12H,8H2,1-3H3,(H3,17,18,23)(H,19,21,22)/t12-/m0/s1. The van der Waals surface area contributed by atoms with E-state index in [0.717, 1.165) is 16.1 Å². The van der Waals surface area contributed by atoms with E-state index in [0.29, 0.717) is 5.13 Å². The van der Waals surface area contributed by atoms with E-state index in [4.69, 9.17) is 5.73 Å². The Labute approximate surface area is 144 Å². The summed E-state index contributed by atoms with van der Waals surface area (Å²) in [5.74, 6) is -0.00661. The third-order valence-electron chi connectivity index (χ3n) is 3.45. The van der Waals surface area contributed by atoms with Gasteiger partial charge in [-0.05, 0) is 18.1 Å². The second kappa shape index (κ2) is 7.87. The van der Waals surface area contributed by atoms with Gasteiger partial charge in [0.1, 0.15) is 5.01 Å². The van der Waals surface area contributed by atoms with Crippen LogP contribution in [0.25, 0.3) is 0 Å². The molecule has 7 nitrogen and oxygen atoms in total. The topological polar surface area (TPSA) is 110 Å². The highest BCUT2D eigenvalue weighted by Crippen LogP contribution is 2.24. The maximum Gasteiger partial charge on any atom is 0.312 e. The smallest absolute Gasteiger partial charge is 0.312 e. The van der Waals surface area contributed by atoms with Crippen LogP contribution in [0.15, 0.2) is 24.3 Å². The summed E-state index contributed by atoms with van der Waals surface area (Å²) >= 11 is 1.34. The number of amides is 3.